The normalized spacial score (nSPS) is 15.1. The maximum absolute atomic E-state index is 12.7. The Morgan fingerprint density at radius 2 is 1.36 bits per heavy atom. The second-order valence-electron chi connectivity index (χ2n) is 8.76. The molecular weight excluding hydrogens is 474 g/mol. The van der Waals surface area contributed by atoms with Crippen molar-refractivity contribution in [2.75, 3.05) is 29.9 Å². The van der Waals surface area contributed by atoms with Crippen LogP contribution >= 0.6 is 11.8 Å². The molecule has 0 spiro atoms. The van der Waals surface area contributed by atoms with E-state index in [1.165, 1.54) is 4.90 Å². The molecule has 1 N–H and O–H groups in total. The minimum Gasteiger partial charge on any atom is -0.341 e. The van der Waals surface area contributed by atoms with Crippen molar-refractivity contribution in [3.05, 3.63) is 101 Å². The highest BCUT2D eigenvalue weighted by molar-refractivity contribution is 7.99. The molecule has 8 heteroatoms. The van der Waals surface area contributed by atoms with E-state index < -0.39 is 0 Å². The summed E-state index contributed by atoms with van der Waals surface area (Å²) in [6.45, 7) is 1.74. The van der Waals surface area contributed by atoms with Crippen LogP contribution in [0.15, 0.2) is 72.8 Å². The van der Waals surface area contributed by atoms with E-state index in [0.29, 0.717) is 28.8 Å². The van der Waals surface area contributed by atoms with E-state index in [1.807, 2.05) is 28.8 Å². The Balaban J connectivity index is 1.17. The molecule has 5 rings (SSSR count). The molecule has 1 fully saturated rings. The van der Waals surface area contributed by atoms with Gasteiger partial charge in [0.05, 0.1) is 24.1 Å². The van der Waals surface area contributed by atoms with Crippen molar-refractivity contribution in [1.29, 1.82) is 0 Å². The number of amides is 4. The molecule has 0 aliphatic carbocycles. The fourth-order valence-corrected chi connectivity index (χ4v) is 5.24. The lowest BCUT2D eigenvalue weighted by Gasteiger charge is -2.26. The highest BCUT2D eigenvalue weighted by Gasteiger charge is 2.34. The maximum atomic E-state index is 12.7. The summed E-state index contributed by atoms with van der Waals surface area (Å²) in [6.07, 6.45) is 0.355. The summed E-state index contributed by atoms with van der Waals surface area (Å²) in [6, 6.07) is 20.9. The molecule has 36 heavy (non-hydrogen) atoms. The van der Waals surface area contributed by atoms with Gasteiger partial charge in [-0.05, 0) is 47.5 Å². The molecule has 4 amide bonds. The lowest BCUT2D eigenvalue weighted by Crippen LogP contribution is -2.38. The second kappa shape index (κ2) is 10.4. The van der Waals surface area contributed by atoms with Gasteiger partial charge in [-0.2, -0.15) is 11.8 Å². The molecule has 3 aromatic rings. The summed E-state index contributed by atoms with van der Waals surface area (Å²) >= 11 is 1.87. The van der Waals surface area contributed by atoms with Gasteiger partial charge in [0.2, 0.25) is 5.91 Å². The van der Waals surface area contributed by atoms with Crippen LogP contribution in [0.5, 0.6) is 0 Å². The predicted molar refractivity (Wildman–Crippen MR) is 139 cm³/mol. The van der Waals surface area contributed by atoms with Crippen LogP contribution in [-0.2, 0) is 17.8 Å². The number of fused-ring (bicyclic) bond motifs is 1. The van der Waals surface area contributed by atoms with Crippen LogP contribution in [0.1, 0.15) is 42.2 Å². The van der Waals surface area contributed by atoms with E-state index in [0.717, 1.165) is 35.7 Å². The van der Waals surface area contributed by atoms with Crippen LogP contribution in [-0.4, -0.2) is 58.0 Å². The Hall–Kier alpha value is -3.91. The molecule has 0 aromatic heterocycles. The zero-order chi connectivity index (χ0) is 25.1. The fourth-order valence-electron chi connectivity index (χ4n) is 4.34. The van der Waals surface area contributed by atoms with Crippen LogP contribution in [0.3, 0.4) is 0 Å². The van der Waals surface area contributed by atoms with Gasteiger partial charge in [0.15, 0.2) is 0 Å². The third kappa shape index (κ3) is 5.04. The molecule has 2 aliphatic rings. The largest absolute Gasteiger partial charge is 0.341 e. The number of nitrogens with one attached hydrogen (secondary N) is 1. The van der Waals surface area contributed by atoms with Crippen molar-refractivity contribution in [1.82, 2.24) is 9.80 Å². The first-order chi connectivity index (χ1) is 17.5. The number of rotatable bonds is 6. The summed E-state index contributed by atoms with van der Waals surface area (Å²) in [5.74, 6) is 1.22. The van der Waals surface area contributed by atoms with E-state index in [2.05, 4.69) is 5.32 Å². The highest BCUT2D eigenvalue weighted by atomic mass is 32.2. The molecule has 182 valence electrons. The Kier molecular flexibility index (Phi) is 6.86. The number of anilines is 1. The van der Waals surface area contributed by atoms with Crippen LogP contribution in [0, 0.1) is 0 Å². The molecule has 1 saturated heterocycles. The van der Waals surface area contributed by atoms with E-state index >= 15 is 0 Å². The number of nitrogens with zero attached hydrogens (tertiary/aromatic N) is 2. The van der Waals surface area contributed by atoms with Gasteiger partial charge < -0.3 is 10.2 Å². The SMILES string of the molecule is O=C(Nc1ccc(CC(=O)N2CCSCC2)cc1)c1ccc(CN2C(=O)c3ccccc3C2=O)cc1. The number of imide groups is 1. The maximum Gasteiger partial charge on any atom is 0.261 e. The monoisotopic (exact) mass is 499 g/mol. The van der Waals surface area contributed by atoms with E-state index in [9.17, 15) is 19.2 Å². The average Bonchev–Trinajstić information content (AvgIpc) is 3.15. The van der Waals surface area contributed by atoms with Crippen LogP contribution in [0.25, 0.3) is 0 Å². The third-order valence-electron chi connectivity index (χ3n) is 6.37. The van der Waals surface area contributed by atoms with Gasteiger partial charge in [-0.15, -0.1) is 0 Å². The van der Waals surface area contributed by atoms with Crippen molar-refractivity contribution in [3.8, 4) is 0 Å². The molecule has 0 unspecified atom stereocenters. The van der Waals surface area contributed by atoms with Gasteiger partial charge in [-0.3, -0.25) is 24.1 Å². The van der Waals surface area contributed by atoms with Crippen molar-refractivity contribution < 1.29 is 19.2 Å². The molecule has 2 aliphatic heterocycles. The zero-order valence-corrected chi connectivity index (χ0v) is 20.4. The lowest BCUT2D eigenvalue weighted by molar-refractivity contribution is -0.130. The van der Waals surface area contributed by atoms with Gasteiger partial charge in [0.25, 0.3) is 17.7 Å². The summed E-state index contributed by atoms with van der Waals surface area (Å²) in [4.78, 5) is 53.4. The first kappa shape index (κ1) is 23.8. The number of benzene rings is 3. The minimum atomic E-state index is -0.308. The van der Waals surface area contributed by atoms with Crippen LogP contribution in [0.4, 0.5) is 5.69 Å². The van der Waals surface area contributed by atoms with Gasteiger partial charge in [-0.1, -0.05) is 36.4 Å². The van der Waals surface area contributed by atoms with Crippen molar-refractivity contribution in [3.63, 3.8) is 0 Å². The molecule has 3 aromatic carbocycles. The Bertz CT molecular complexity index is 1280. The second-order valence-corrected chi connectivity index (χ2v) is 9.98. The Morgan fingerprint density at radius 1 is 0.778 bits per heavy atom. The lowest BCUT2D eigenvalue weighted by atomic mass is 10.1. The fraction of sp³-hybridized carbons (Fsp3) is 0.214. The number of hydrogen-bond acceptors (Lipinski definition) is 5. The van der Waals surface area contributed by atoms with Gasteiger partial charge in [0.1, 0.15) is 0 Å². The molecule has 7 nitrogen and oxygen atoms in total. The average molecular weight is 500 g/mol. The number of carbonyl (C=O) groups excluding carboxylic acids is 4. The molecule has 0 atom stereocenters. The molecule has 2 heterocycles. The first-order valence-corrected chi connectivity index (χ1v) is 12.9. The van der Waals surface area contributed by atoms with Crippen molar-refractivity contribution >= 4 is 41.1 Å². The minimum absolute atomic E-state index is 0.133. The van der Waals surface area contributed by atoms with E-state index in [4.69, 9.17) is 0 Å². The summed E-state index contributed by atoms with van der Waals surface area (Å²) in [5.41, 5.74) is 3.60. The van der Waals surface area contributed by atoms with Crippen LogP contribution in [0.2, 0.25) is 0 Å². The topological polar surface area (TPSA) is 86.8 Å². The van der Waals surface area contributed by atoms with Gasteiger partial charge in [0, 0.05) is 35.8 Å². The molecular formula is C28H25N3O4S. The Morgan fingerprint density at radius 3 is 1.97 bits per heavy atom. The van der Waals surface area contributed by atoms with Gasteiger partial charge >= 0.3 is 0 Å². The van der Waals surface area contributed by atoms with E-state index in [-0.39, 0.29) is 30.2 Å². The number of hydrogen-bond donors (Lipinski definition) is 1. The quantitative estimate of drug-likeness (QED) is 0.521. The summed E-state index contributed by atoms with van der Waals surface area (Å²) < 4.78 is 0. The summed E-state index contributed by atoms with van der Waals surface area (Å²) in [5, 5.41) is 2.87. The van der Waals surface area contributed by atoms with Gasteiger partial charge in [-0.25, -0.2) is 0 Å². The summed E-state index contributed by atoms with van der Waals surface area (Å²) in [7, 11) is 0. The Labute approximate surface area is 213 Å². The molecule has 0 saturated carbocycles. The smallest absolute Gasteiger partial charge is 0.261 e. The standard InChI is InChI=1S/C28H25N3O4S/c32-25(30-13-15-36-16-14-30)17-19-7-11-22(12-8-19)29-26(33)21-9-5-20(6-10-21)18-31-27(34)23-3-1-2-4-24(23)28(31)35/h1-12H,13-18H2,(H,29,33). The van der Waals surface area contributed by atoms with E-state index in [1.54, 1.807) is 60.7 Å². The predicted octanol–water partition coefficient (Wildman–Crippen LogP) is 3.85. The number of carbonyl (C=O) groups is 4. The molecule has 0 radical (unpaired) electrons. The third-order valence-corrected chi connectivity index (χ3v) is 7.31. The van der Waals surface area contributed by atoms with Crippen LogP contribution < -0.4 is 5.32 Å². The van der Waals surface area contributed by atoms with Crippen molar-refractivity contribution in [2.45, 2.75) is 13.0 Å². The van der Waals surface area contributed by atoms with Crippen molar-refractivity contribution in [2.24, 2.45) is 0 Å². The molecule has 0 bridgehead atoms. The highest BCUT2D eigenvalue weighted by Crippen LogP contribution is 2.24. The first-order valence-electron chi connectivity index (χ1n) is 11.8. The zero-order valence-electron chi connectivity index (χ0n) is 19.6. The number of thioether (sulfide) groups is 1.